The van der Waals surface area contributed by atoms with Crippen LogP contribution in [0.1, 0.15) is 11.1 Å². The zero-order valence-electron chi connectivity index (χ0n) is 16.2. The van der Waals surface area contributed by atoms with Gasteiger partial charge in [0.1, 0.15) is 0 Å². The summed E-state index contributed by atoms with van der Waals surface area (Å²) in [6.07, 6.45) is 0. The molecule has 3 rings (SSSR count). The second-order valence-electron chi connectivity index (χ2n) is 7.02. The number of nitrogens with one attached hydrogen (secondary N) is 2. The fraction of sp³-hybridized carbons (Fsp3) is 0.200. The molecule has 2 atom stereocenters. The molecule has 0 heterocycles. The van der Waals surface area contributed by atoms with Gasteiger partial charge < -0.3 is 10.6 Å². The van der Waals surface area contributed by atoms with Crippen molar-refractivity contribution in [1.29, 1.82) is 0 Å². The van der Waals surface area contributed by atoms with Crippen LogP contribution in [0, 0.1) is 45.9 Å². The molecular weight excluding hydrogens is 392 g/mol. The van der Waals surface area contributed by atoms with Crippen molar-refractivity contribution >= 4 is 34.6 Å². The van der Waals surface area contributed by atoms with E-state index in [9.17, 15) is 29.8 Å². The van der Waals surface area contributed by atoms with Crippen LogP contribution in [0.4, 0.5) is 22.7 Å². The molecule has 0 unspecified atom stereocenters. The van der Waals surface area contributed by atoms with Crippen LogP contribution in [-0.4, -0.2) is 21.7 Å². The molecule has 10 heteroatoms. The molecule has 0 aromatic heterocycles. The average molecular weight is 410 g/mol. The quantitative estimate of drug-likeness (QED) is 0.423. The van der Waals surface area contributed by atoms with Crippen LogP contribution in [0.15, 0.2) is 48.6 Å². The van der Waals surface area contributed by atoms with E-state index in [-0.39, 0.29) is 22.7 Å². The Morgan fingerprint density at radius 1 is 0.833 bits per heavy atom. The highest BCUT2D eigenvalue weighted by atomic mass is 16.6. The van der Waals surface area contributed by atoms with E-state index in [1.807, 2.05) is 0 Å². The Labute approximate surface area is 170 Å². The van der Waals surface area contributed by atoms with Gasteiger partial charge in [-0.15, -0.1) is 0 Å². The van der Waals surface area contributed by atoms with E-state index in [0.29, 0.717) is 16.7 Å². The Bertz CT molecular complexity index is 1020. The third kappa shape index (κ3) is 4.02. The van der Waals surface area contributed by atoms with Crippen LogP contribution in [0.2, 0.25) is 0 Å². The van der Waals surface area contributed by atoms with Crippen molar-refractivity contribution in [3.8, 4) is 0 Å². The van der Waals surface area contributed by atoms with Crippen molar-refractivity contribution in [3.63, 3.8) is 0 Å². The largest absolute Gasteiger partial charge is 0.325 e. The first-order valence-electron chi connectivity index (χ1n) is 8.90. The summed E-state index contributed by atoms with van der Waals surface area (Å²) in [5.74, 6) is -2.58. The van der Waals surface area contributed by atoms with Gasteiger partial charge in [-0.25, -0.2) is 0 Å². The van der Waals surface area contributed by atoms with Crippen LogP contribution in [0.25, 0.3) is 0 Å². The predicted molar refractivity (Wildman–Crippen MR) is 109 cm³/mol. The van der Waals surface area contributed by atoms with Crippen molar-refractivity contribution in [2.45, 2.75) is 13.8 Å². The monoisotopic (exact) mass is 410 g/mol. The van der Waals surface area contributed by atoms with Gasteiger partial charge in [-0.2, -0.15) is 0 Å². The van der Waals surface area contributed by atoms with Crippen molar-refractivity contribution in [2.24, 2.45) is 11.8 Å². The molecule has 1 aliphatic carbocycles. The maximum atomic E-state index is 12.6. The van der Waals surface area contributed by atoms with Gasteiger partial charge in [-0.3, -0.25) is 29.8 Å². The summed E-state index contributed by atoms with van der Waals surface area (Å²) >= 11 is 0. The number of hydrogen-bond acceptors (Lipinski definition) is 6. The predicted octanol–water partition coefficient (Wildman–Crippen LogP) is 3.50. The first-order chi connectivity index (χ1) is 14.1. The minimum Gasteiger partial charge on any atom is -0.325 e. The second kappa shape index (κ2) is 7.74. The van der Waals surface area contributed by atoms with Gasteiger partial charge in [-0.1, -0.05) is 24.3 Å². The average Bonchev–Trinajstić information content (AvgIpc) is 3.36. The Hall–Kier alpha value is -4.08. The molecule has 2 aromatic carbocycles. The minimum absolute atomic E-state index is 0.166. The number of non-ortho nitro benzene ring substituents is 2. The van der Waals surface area contributed by atoms with Crippen molar-refractivity contribution < 1.29 is 19.4 Å². The van der Waals surface area contributed by atoms with Crippen LogP contribution in [0.5, 0.6) is 0 Å². The number of carbonyl (C=O) groups excluding carboxylic acids is 2. The lowest BCUT2D eigenvalue weighted by molar-refractivity contribution is -0.385. The Morgan fingerprint density at radius 2 is 1.20 bits per heavy atom. The summed E-state index contributed by atoms with van der Waals surface area (Å²) in [7, 11) is 0. The number of amides is 2. The number of anilines is 2. The molecule has 30 heavy (non-hydrogen) atoms. The standard InChI is InChI=1S/C20H18N4O6/c1-10-4-6-13(23(27)28)8-15(10)21-19(25)17-12(3)18(17)20(26)22-16-9-14(24(29)30)7-5-11(16)2/h4-9,17-18H,3H2,1-2H3,(H,21,25)(H,22,26)/t17-,18-/m0/s1. The fourth-order valence-electron chi connectivity index (χ4n) is 3.09. The molecule has 1 saturated carbocycles. The zero-order valence-corrected chi connectivity index (χ0v) is 16.2. The molecule has 0 saturated heterocycles. The Balaban J connectivity index is 1.71. The molecule has 0 bridgehead atoms. The normalized spacial score (nSPS) is 17.2. The number of nitrogens with zero attached hydrogens (tertiary/aromatic N) is 2. The lowest BCUT2D eigenvalue weighted by Crippen LogP contribution is -2.21. The number of nitro groups is 2. The van der Waals surface area contributed by atoms with Crippen molar-refractivity contribution in [3.05, 3.63) is 79.9 Å². The summed E-state index contributed by atoms with van der Waals surface area (Å²) in [5, 5.41) is 27.1. The van der Waals surface area contributed by atoms with Crippen molar-refractivity contribution in [1.82, 2.24) is 0 Å². The fourth-order valence-corrected chi connectivity index (χ4v) is 3.09. The third-order valence-corrected chi connectivity index (χ3v) is 4.97. The van der Waals surface area contributed by atoms with Gasteiger partial charge in [0.25, 0.3) is 11.4 Å². The lowest BCUT2D eigenvalue weighted by Gasteiger charge is -2.09. The molecule has 1 aliphatic rings. The molecule has 0 aliphatic heterocycles. The number of aryl methyl sites for hydroxylation is 2. The molecule has 154 valence electrons. The van der Waals surface area contributed by atoms with Gasteiger partial charge in [0.2, 0.25) is 11.8 Å². The summed E-state index contributed by atoms with van der Waals surface area (Å²) in [6.45, 7) is 7.13. The van der Waals surface area contributed by atoms with E-state index in [2.05, 4.69) is 17.2 Å². The van der Waals surface area contributed by atoms with Crippen LogP contribution >= 0.6 is 0 Å². The lowest BCUT2D eigenvalue weighted by atomic mass is 10.1. The van der Waals surface area contributed by atoms with E-state index in [1.165, 1.54) is 36.4 Å². The van der Waals surface area contributed by atoms with E-state index < -0.39 is 33.5 Å². The van der Waals surface area contributed by atoms with Gasteiger partial charge in [0.15, 0.2) is 0 Å². The SMILES string of the molecule is C=C1[C@H](C(=O)Nc2cc([N+](=O)[O-])ccc2C)[C@H]1C(=O)Nc1cc([N+](=O)[O-])ccc1C. The Kier molecular flexibility index (Phi) is 5.33. The molecule has 0 radical (unpaired) electrons. The van der Waals surface area contributed by atoms with E-state index in [1.54, 1.807) is 13.8 Å². The summed E-state index contributed by atoms with van der Waals surface area (Å²) in [5.41, 5.74) is 1.89. The van der Waals surface area contributed by atoms with E-state index in [4.69, 9.17) is 0 Å². The molecule has 2 aromatic rings. The zero-order chi connectivity index (χ0) is 22.2. The highest BCUT2D eigenvalue weighted by Crippen LogP contribution is 2.46. The minimum atomic E-state index is -0.789. The van der Waals surface area contributed by atoms with Gasteiger partial charge in [0.05, 0.1) is 33.1 Å². The van der Waals surface area contributed by atoms with E-state index >= 15 is 0 Å². The van der Waals surface area contributed by atoms with Crippen LogP contribution < -0.4 is 10.6 Å². The van der Waals surface area contributed by atoms with Gasteiger partial charge >= 0.3 is 0 Å². The number of rotatable bonds is 6. The van der Waals surface area contributed by atoms with Gasteiger partial charge in [0, 0.05) is 24.3 Å². The summed E-state index contributed by atoms with van der Waals surface area (Å²) < 4.78 is 0. The first kappa shape index (κ1) is 20.6. The van der Waals surface area contributed by atoms with Crippen molar-refractivity contribution in [2.75, 3.05) is 10.6 Å². The molecule has 2 amide bonds. The van der Waals surface area contributed by atoms with Crippen LogP contribution in [0.3, 0.4) is 0 Å². The molecular formula is C20H18N4O6. The number of benzene rings is 2. The first-order valence-corrected chi connectivity index (χ1v) is 8.90. The number of nitro benzene ring substituents is 2. The summed E-state index contributed by atoms with van der Waals surface area (Å²) in [4.78, 5) is 45.9. The highest BCUT2D eigenvalue weighted by Gasteiger charge is 2.52. The number of hydrogen-bond donors (Lipinski definition) is 2. The smallest absolute Gasteiger partial charge is 0.271 e. The number of carbonyl (C=O) groups is 2. The highest BCUT2D eigenvalue weighted by molar-refractivity contribution is 6.08. The Morgan fingerprint density at radius 3 is 1.53 bits per heavy atom. The summed E-state index contributed by atoms with van der Waals surface area (Å²) in [6, 6.07) is 8.20. The molecule has 1 fully saturated rings. The maximum Gasteiger partial charge on any atom is 0.271 e. The molecule has 10 nitrogen and oxygen atoms in total. The molecule has 0 spiro atoms. The van der Waals surface area contributed by atoms with Gasteiger partial charge in [-0.05, 0) is 25.0 Å². The second-order valence-corrected chi connectivity index (χ2v) is 7.02. The van der Waals surface area contributed by atoms with E-state index in [0.717, 1.165) is 0 Å². The van der Waals surface area contributed by atoms with Crippen LogP contribution in [-0.2, 0) is 9.59 Å². The molecule has 2 N–H and O–H groups in total. The third-order valence-electron chi connectivity index (χ3n) is 4.97. The maximum absolute atomic E-state index is 12.6. The topological polar surface area (TPSA) is 144 Å².